The van der Waals surface area contributed by atoms with Crippen molar-refractivity contribution in [2.24, 2.45) is 5.92 Å². The van der Waals surface area contributed by atoms with E-state index in [-0.39, 0.29) is 24.2 Å². The predicted octanol–water partition coefficient (Wildman–Crippen LogP) is 1.76. The van der Waals surface area contributed by atoms with E-state index in [9.17, 15) is 13.2 Å². The van der Waals surface area contributed by atoms with Crippen LogP contribution in [-0.4, -0.2) is 57.1 Å². The highest BCUT2D eigenvalue weighted by atomic mass is 32.2. The number of sulfonamides is 1. The van der Waals surface area contributed by atoms with Crippen molar-refractivity contribution in [1.29, 1.82) is 0 Å². The first-order valence-corrected chi connectivity index (χ1v) is 11.3. The molecule has 1 saturated heterocycles. The number of para-hydroxylation sites is 1. The summed E-state index contributed by atoms with van der Waals surface area (Å²) in [5.74, 6) is 0.513. The fourth-order valence-electron chi connectivity index (χ4n) is 3.92. The number of fused-ring (bicyclic) bond motifs is 2. The van der Waals surface area contributed by atoms with Crippen LogP contribution < -0.4 is 14.9 Å². The van der Waals surface area contributed by atoms with Crippen LogP contribution in [0.5, 0.6) is 0 Å². The standard InChI is InChI=1S/C19H28N4O3S/c1-13(2)9-10-23-16-5-3-4-6-18(16)27(25,26)21-15-11-22(12-17(15)23)19(24)20-14-7-8-14/h3-6,13-15,17,21H,7-12H2,1-2H3,(H,20,24)/t15-,17-/m0/s1. The van der Waals surface area contributed by atoms with E-state index in [0.717, 1.165) is 31.5 Å². The number of hydrogen-bond donors (Lipinski definition) is 2. The lowest BCUT2D eigenvalue weighted by molar-refractivity contribution is 0.207. The summed E-state index contributed by atoms with van der Waals surface area (Å²) in [5.41, 5.74) is 0.739. The lowest BCUT2D eigenvalue weighted by Gasteiger charge is -2.33. The molecular weight excluding hydrogens is 364 g/mol. The summed E-state index contributed by atoms with van der Waals surface area (Å²) in [6.45, 7) is 6.03. The Balaban J connectivity index is 1.65. The molecule has 0 bridgehead atoms. The normalized spacial score (nSPS) is 26.5. The van der Waals surface area contributed by atoms with Crippen molar-refractivity contribution in [2.45, 2.75) is 56.1 Å². The molecule has 0 unspecified atom stereocenters. The molecule has 0 spiro atoms. The Morgan fingerprint density at radius 2 is 2.00 bits per heavy atom. The third-order valence-electron chi connectivity index (χ3n) is 5.60. The largest absolute Gasteiger partial charge is 0.364 e. The second kappa shape index (κ2) is 6.98. The quantitative estimate of drug-likeness (QED) is 0.818. The van der Waals surface area contributed by atoms with Crippen molar-refractivity contribution < 1.29 is 13.2 Å². The second-order valence-corrected chi connectivity index (χ2v) is 9.95. The van der Waals surface area contributed by atoms with Gasteiger partial charge in [0.25, 0.3) is 0 Å². The Labute approximate surface area is 161 Å². The molecule has 2 atom stereocenters. The van der Waals surface area contributed by atoms with Gasteiger partial charge in [-0.05, 0) is 37.3 Å². The Bertz CT molecular complexity index is 822. The molecule has 1 aromatic carbocycles. The van der Waals surface area contributed by atoms with E-state index in [1.165, 1.54) is 0 Å². The molecular formula is C19H28N4O3S. The molecule has 7 nitrogen and oxygen atoms in total. The molecule has 148 valence electrons. The van der Waals surface area contributed by atoms with Gasteiger partial charge in [0.1, 0.15) is 4.90 Å². The van der Waals surface area contributed by atoms with E-state index < -0.39 is 10.0 Å². The number of nitrogens with one attached hydrogen (secondary N) is 2. The molecule has 27 heavy (non-hydrogen) atoms. The van der Waals surface area contributed by atoms with Crippen LogP contribution in [0.3, 0.4) is 0 Å². The van der Waals surface area contributed by atoms with Crippen LogP contribution in [0.25, 0.3) is 0 Å². The van der Waals surface area contributed by atoms with E-state index in [0.29, 0.717) is 23.9 Å². The number of nitrogens with zero attached hydrogens (tertiary/aromatic N) is 2. The summed E-state index contributed by atoms with van der Waals surface area (Å²) in [5, 5.41) is 3.02. The number of hydrogen-bond acceptors (Lipinski definition) is 4. The van der Waals surface area contributed by atoms with Gasteiger partial charge in [-0.15, -0.1) is 0 Å². The topological polar surface area (TPSA) is 81.8 Å². The number of likely N-dealkylation sites (tertiary alicyclic amines) is 1. The minimum absolute atomic E-state index is 0.0628. The molecule has 2 fully saturated rings. The number of benzene rings is 1. The summed E-state index contributed by atoms with van der Waals surface area (Å²) in [4.78, 5) is 16.8. The van der Waals surface area contributed by atoms with Crippen molar-refractivity contribution >= 4 is 21.7 Å². The minimum Gasteiger partial charge on any atom is -0.364 e. The van der Waals surface area contributed by atoms with Crippen molar-refractivity contribution in [3.8, 4) is 0 Å². The van der Waals surface area contributed by atoms with Gasteiger partial charge in [-0.2, -0.15) is 0 Å². The van der Waals surface area contributed by atoms with Gasteiger partial charge >= 0.3 is 6.03 Å². The maximum atomic E-state index is 12.9. The zero-order chi connectivity index (χ0) is 19.2. The maximum Gasteiger partial charge on any atom is 0.317 e. The molecule has 2 N–H and O–H groups in total. The first-order valence-electron chi connectivity index (χ1n) is 9.78. The summed E-state index contributed by atoms with van der Waals surface area (Å²) in [6, 6.07) is 7.02. The summed E-state index contributed by atoms with van der Waals surface area (Å²) in [7, 11) is -3.61. The van der Waals surface area contributed by atoms with Gasteiger partial charge in [0.05, 0.1) is 17.8 Å². The van der Waals surface area contributed by atoms with Crippen molar-refractivity contribution in [3.05, 3.63) is 24.3 Å². The number of carbonyl (C=O) groups is 1. The van der Waals surface area contributed by atoms with Crippen LogP contribution in [0.4, 0.5) is 10.5 Å². The summed E-state index contributed by atoms with van der Waals surface area (Å²) in [6.07, 6.45) is 3.03. The van der Waals surface area contributed by atoms with Gasteiger partial charge in [-0.3, -0.25) is 0 Å². The lowest BCUT2D eigenvalue weighted by atomic mass is 10.1. The molecule has 2 amide bonds. The molecule has 1 aliphatic carbocycles. The fourth-order valence-corrected chi connectivity index (χ4v) is 5.40. The highest BCUT2D eigenvalue weighted by Gasteiger charge is 2.45. The molecule has 1 saturated carbocycles. The zero-order valence-electron chi connectivity index (χ0n) is 15.9. The first-order chi connectivity index (χ1) is 12.8. The number of rotatable bonds is 4. The predicted molar refractivity (Wildman–Crippen MR) is 104 cm³/mol. The van der Waals surface area contributed by atoms with Gasteiger partial charge in [-0.1, -0.05) is 26.0 Å². The monoisotopic (exact) mass is 392 g/mol. The van der Waals surface area contributed by atoms with Crippen LogP contribution in [0.2, 0.25) is 0 Å². The zero-order valence-corrected chi connectivity index (χ0v) is 16.7. The van der Waals surface area contributed by atoms with Crippen molar-refractivity contribution in [1.82, 2.24) is 14.9 Å². The smallest absolute Gasteiger partial charge is 0.317 e. The third kappa shape index (κ3) is 3.78. The van der Waals surface area contributed by atoms with Crippen molar-refractivity contribution in [2.75, 3.05) is 24.5 Å². The Kier molecular flexibility index (Phi) is 4.80. The average Bonchev–Trinajstić information content (AvgIpc) is 3.35. The SMILES string of the molecule is CC(C)CCN1c2ccccc2S(=O)(=O)N[C@H]2CN(C(=O)NC3CC3)C[C@@H]21. The highest BCUT2D eigenvalue weighted by molar-refractivity contribution is 7.89. The summed E-state index contributed by atoms with van der Waals surface area (Å²) < 4.78 is 28.7. The van der Waals surface area contributed by atoms with E-state index >= 15 is 0 Å². The van der Waals surface area contributed by atoms with Crippen LogP contribution in [0.15, 0.2) is 29.2 Å². The molecule has 0 aromatic heterocycles. The van der Waals surface area contributed by atoms with E-state index in [4.69, 9.17) is 0 Å². The van der Waals surface area contributed by atoms with E-state index in [1.54, 1.807) is 17.0 Å². The molecule has 3 aliphatic rings. The molecule has 2 heterocycles. The average molecular weight is 393 g/mol. The van der Waals surface area contributed by atoms with Crippen molar-refractivity contribution in [3.63, 3.8) is 0 Å². The van der Waals surface area contributed by atoms with Crippen LogP contribution in [-0.2, 0) is 10.0 Å². The third-order valence-corrected chi connectivity index (χ3v) is 7.14. The number of anilines is 1. The number of urea groups is 1. The summed E-state index contributed by atoms with van der Waals surface area (Å²) >= 11 is 0. The van der Waals surface area contributed by atoms with Gasteiger partial charge < -0.3 is 15.1 Å². The fraction of sp³-hybridized carbons (Fsp3) is 0.632. The lowest BCUT2D eigenvalue weighted by Crippen LogP contribution is -2.49. The molecule has 0 radical (unpaired) electrons. The van der Waals surface area contributed by atoms with E-state index in [2.05, 4.69) is 28.8 Å². The van der Waals surface area contributed by atoms with Crippen LogP contribution in [0, 0.1) is 5.92 Å². The molecule has 1 aromatic rings. The van der Waals surface area contributed by atoms with E-state index in [1.807, 2.05) is 12.1 Å². The maximum absolute atomic E-state index is 12.9. The Hall–Kier alpha value is -1.80. The van der Waals surface area contributed by atoms with Gasteiger partial charge in [0, 0.05) is 25.7 Å². The number of carbonyl (C=O) groups excluding carboxylic acids is 1. The van der Waals surface area contributed by atoms with Crippen LogP contribution >= 0.6 is 0 Å². The second-order valence-electron chi connectivity index (χ2n) is 8.27. The Morgan fingerprint density at radius 3 is 2.70 bits per heavy atom. The van der Waals surface area contributed by atoms with Crippen LogP contribution in [0.1, 0.15) is 33.1 Å². The number of amides is 2. The van der Waals surface area contributed by atoms with Gasteiger partial charge in [0.2, 0.25) is 10.0 Å². The van der Waals surface area contributed by atoms with Gasteiger partial charge in [-0.25, -0.2) is 17.9 Å². The molecule has 2 aliphatic heterocycles. The first kappa shape index (κ1) is 18.6. The Morgan fingerprint density at radius 1 is 1.26 bits per heavy atom. The highest BCUT2D eigenvalue weighted by Crippen LogP contribution is 2.34. The van der Waals surface area contributed by atoms with Gasteiger partial charge in [0.15, 0.2) is 0 Å². The molecule has 4 rings (SSSR count). The minimum atomic E-state index is -3.61. The molecule has 8 heteroatoms.